The Morgan fingerprint density at radius 3 is 2.57 bits per heavy atom. The summed E-state index contributed by atoms with van der Waals surface area (Å²) in [6.07, 6.45) is 1.36. The number of aromatic nitrogens is 2. The molecule has 3 rings (SSSR count). The van der Waals surface area contributed by atoms with Crippen LogP contribution in [0.25, 0.3) is 5.69 Å². The van der Waals surface area contributed by atoms with E-state index in [1.165, 1.54) is 27.9 Å². The molecule has 0 aliphatic carbocycles. The van der Waals surface area contributed by atoms with Crippen LogP contribution >= 0.6 is 11.6 Å². The summed E-state index contributed by atoms with van der Waals surface area (Å²) in [6.45, 7) is 1.67. The van der Waals surface area contributed by atoms with Crippen molar-refractivity contribution in [3.63, 3.8) is 0 Å². The molecule has 0 aliphatic heterocycles. The average Bonchev–Trinajstić information content (AvgIpc) is 3.04. The molecule has 0 atom stereocenters. The Balaban J connectivity index is 1.90. The van der Waals surface area contributed by atoms with Gasteiger partial charge in [0.25, 0.3) is 11.8 Å². The smallest absolute Gasteiger partial charge is 0.259 e. The minimum absolute atomic E-state index is 0.212. The Bertz CT molecular complexity index is 1060. The van der Waals surface area contributed by atoms with E-state index in [-0.39, 0.29) is 17.2 Å². The van der Waals surface area contributed by atoms with E-state index < -0.39 is 11.7 Å². The van der Waals surface area contributed by atoms with E-state index in [0.29, 0.717) is 22.0 Å². The minimum atomic E-state index is -0.462. The van der Waals surface area contributed by atoms with Crippen molar-refractivity contribution in [1.82, 2.24) is 14.7 Å². The highest BCUT2D eigenvalue weighted by Gasteiger charge is 2.19. The lowest BCUT2D eigenvalue weighted by molar-refractivity contribution is 0.0827. The molecule has 0 spiro atoms. The monoisotopic (exact) mass is 400 g/mol. The highest BCUT2D eigenvalue weighted by molar-refractivity contribution is 6.34. The predicted octanol–water partition coefficient (Wildman–Crippen LogP) is 3.93. The predicted molar refractivity (Wildman–Crippen MR) is 106 cm³/mol. The van der Waals surface area contributed by atoms with Crippen LogP contribution in [0.3, 0.4) is 0 Å². The lowest BCUT2D eigenvalue weighted by Gasteiger charge is -2.13. The van der Waals surface area contributed by atoms with Gasteiger partial charge in [0.05, 0.1) is 28.2 Å². The average molecular weight is 401 g/mol. The number of carbonyl (C=O) groups excluding carboxylic acids is 2. The highest BCUT2D eigenvalue weighted by atomic mass is 35.5. The van der Waals surface area contributed by atoms with Gasteiger partial charge in [0.15, 0.2) is 0 Å². The van der Waals surface area contributed by atoms with Crippen molar-refractivity contribution in [3.05, 3.63) is 76.3 Å². The molecule has 28 heavy (non-hydrogen) atoms. The first kappa shape index (κ1) is 19.6. The number of amides is 2. The second-order valence-corrected chi connectivity index (χ2v) is 6.76. The highest BCUT2D eigenvalue weighted by Crippen LogP contribution is 2.25. The number of anilines is 1. The zero-order valence-corrected chi connectivity index (χ0v) is 16.3. The first-order valence-electron chi connectivity index (χ1n) is 8.41. The fourth-order valence-electron chi connectivity index (χ4n) is 2.70. The van der Waals surface area contributed by atoms with E-state index in [1.54, 1.807) is 51.4 Å². The summed E-state index contributed by atoms with van der Waals surface area (Å²) < 4.78 is 15.4. The molecular weight excluding hydrogens is 383 g/mol. The van der Waals surface area contributed by atoms with Crippen molar-refractivity contribution in [2.75, 3.05) is 19.4 Å². The fraction of sp³-hybridized carbons (Fsp3) is 0.150. The fourth-order valence-corrected chi connectivity index (χ4v) is 2.87. The van der Waals surface area contributed by atoms with E-state index in [1.807, 2.05) is 0 Å². The zero-order chi connectivity index (χ0) is 20.4. The summed E-state index contributed by atoms with van der Waals surface area (Å²) in [5, 5.41) is 7.11. The number of nitrogens with zero attached hydrogens (tertiary/aromatic N) is 3. The van der Waals surface area contributed by atoms with Crippen LogP contribution < -0.4 is 5.32 Å². The van der Waals surface area contributed by atoms with E-state index >= 15 is 0 Å². The van der Waals surface area contributed by atoms with Gasteiger partial charge in [0.2, 0.25) is 0 Å². The van der Waals surface area contributed by atoms with Gasteiger partial charge >= 0.3 is 0 Å². The van der Waals surface area contributed by atoms with Crippen molar-refractivity contribution < 1.29 is 14.0 Å². The van der Waals surface area contributed by atoms with Gasteiger partial charge in [0, 0.05) is 19.7 Å². The SMILES string of the molecule is Cc1c(C(=O)Nc2cc(C(=O)N(C)C)ccc2Cl)cnn1-c1ccccc1F. The quantitative estimate of drug-likeness (QED) is 0.721. The molecule has 2 aromatic carbocycles. The molecular formula is C20H18ClFN4O2. The number of nitrogens with one attached hydrogen (secondary N) is 1. The van der Waals surface area contributed by atoms with E-state index in [9.17, 15) is 14.0 Å². The lowest BCUT2D eigenvalue weighted by atomic mass is 10.1. The molecule has 0 saturated carbocycles. The first-order valence-corrected chi connectivity index (χ1v) is 8.79. The van der Waals surface area contributed by atoms with Crippen molar-refractivity contribution in [1.29, 1.82) is 0 Å². The van der Waals surface area contributed by atoms with Gasteiger partial charge in [-0.3, -0.25) is 9.59 Å². The maximum absolute atomic E-state index is 14.0. The molecule has 1 aromatic heterocycles. The van der Waals surface area contributed by atoms with Crippen LogP contribution in [0.5, 0.6) is 0 Å². The number of carbonyl (C=O) groups is 2. The Kier molecular flexibility index (Phi) is 5.46. The van der Waals surface area contributed by atoms with Crippen molar-refractivity contribution >= 4 is 29.1 Å². The van der Waals surface area contributed by atoms with Gasteiger partial charge in [0.1, 0.15) is 11.5 Å². The Morgan fingerprint density at radius 1 is 1.18 bits per heavy atom. The largest absolute Gasteiger partial charge is 0.345 e. The van der Waals surface area contributed by atoms with Crippen LogP contribution in [0, 0.1) is 12.7 Å². The van der Waals surface area contributed by atoms with Gasteiger partial charge in [-0.15, -0.1) is 0 Å². The van der Waals surface area contributed by atoms with Crippen LogP contribution in [-0.4, -0.2) is 40.6 Å². The van der Waals surface area contributed by atoms with Gasteiger partial charge in [-0.05, 0) is 37.3 Å². The van der Waals surface area contributed by atoms with Gasteiger partial charge in [-0.25, -0.2) is 9.07 Å². The van der Waals surface area contributed by atoms with Crippen molar-refractivity contribution in [3.8, 4) is 5.69 Å². The minimum Gasteiger partial charge on any atom is -0.345 e. The molecule has 3 aromatic rings. The molecule has 1 N–H and O–H groups in total. The van der Waals surface area contributed by atoms with Crippen molar-refractivity contribution in [2.45, 2.75) is 6.92 Å². The first-order chi connectivity index (χ1) is 13.3. The van der Waals surface area contributed by atoms with Crippen LogP contribution in [0.4, 0.5) is 10.1 Å². The summed E-state index contributed by atoms with van der Waals surface area (Å²) in [7, 11) is 3.27. The second kappa shape index (κ2) is 7.82. The lowest BCUT2D eigenvalue weighted by Crippen LogP contribution is -2.22. The van der Waals surface area contributed by atoms with Crippen molar-refractivity contribution in [2.24, 2.45) is 0 Å². The third kappa shape index (κ3) is 3.75. The molecule has 0 bridgehead atoms. The summed E-state index contributed by atoms with van der Waals surface area (Å²) >= 11 is 6.16. The van der Waals surface area contributed by atoms with E-state index in [4.69, 9.17) is 11.6 Å². The topological polar surface area (TPSA) is 67.2 Å². The molecule has 8 heteroatoms. The van der Waals surface area contributed by atoms with E-state index in [0.717, 1.165) is 0 Å². The maximum atomic E-state index is 14.0. The number of para-hydroxylation sites is 1. The van der Waals surface area contributed by atoms with Crippen LogP contribution in [0.15, 0.2) is 48.7 Å². The number of hydrogen-bond acceptors (Lipinski definition) is 3. The number of halogens is 2. The van der Waals surface area contributed by atoms with Gasteiger partial charge < -0.3 is 10.2 Å². The third-order valence-corrected chi connectivity index (χ3v) is 4.53. The Labute approximate surface area is 166 Å². The van der Waals surface area contributed by atoms with Crippen LogP contribution in [-0.2, 0) is 0 Å². The standard InChI is InChI=1S/C20H18ClFN4O2/c1-12-14(11-23-26(12)18-7-5-4-6-16(18)22)19(27)24-17-10-13(8-9-15(17)21)20(28)25(2)3/h4-11H,1-3H3,(H,24,27). The molecule has 144 valence electrons. The summed E-state index contributed by atoms with van der Waals surface area (Å²) in [4.78, 5) is 26.3. The molecule has 6 nitrogen and oxygen atoms in total. The van der Waals surface area contributed by atoms with Gasteiger partial charge in [-0.1, -0.05) is 23.7 Å². The van der Waals surface area contributed by atoms with Crippen LogP contribution in [0.2, 0.25) is 5.02 Å². The maximum Gasteiger partial charge on any atom is 0.259 e. The third-order valence-electron chi connectivity index (χ3n) is 4.20. The second-order valence-electron chi connectivity index (χ2n) is 6.36. The Morgan fingerprint density at radius 2 is 1.89 bits per heavy atom. The summed E-state index contributed by atoms with van der Waals surface area (Å²) in [5.74, 6) is -1.12. The molecule has 0 fully saturated rings. The van der Waals surface area contributed by atoms with Crippen LogP contribution in [0.1, 0.15) is 26.4 Å². The summed E-state index contributed by atoms with van der Waals surface area (Å²) in [5.41, 5.74) is 1.68. The van der Waals surface area contributed by atoms with Gasteiger partial charge in [-0.2, -0.15) is 5.10 Å². The molecule has 1 heterocycles. The number of benzene rings is 2. The normalized spacial score (nSPS) is 10.6. The summed E-state index contributed by atoms with van der Waals surface area (Å²) in [6, 6.07) is 10.8. The molecule has 0 unspecified atom stereocenters. The number of rotatable bonds is 4. The molecule has 0 saturated heterocycles. The zero-order valence-electron chi connectivity index (χ0n) is 15.5. The number of hydrogen-bond donors (Lipinski definition) is 1. The van der Waals surface area contributed by atoms with E-state index in [2.05, 4.69) is 10.4 Å². The molecule has 0 radical (unpaired) electrons. The molecule has 2 amide bonds. The molecule has 0 aliphatic rings. The Hall–Kier alpha value is -3.19.